The Kier molecular flexibility index (Phi) is 7.77. The monoisotopic (exact) mass is 365 g/mol. The van der Waals surface area contributed by atoms with E-state index in [9.17, 15) is 4.79 Å². The van der Waals surface area contributed by atoms with Crippen molar-refractivity contribution in [2.24, 2.45) is 0 Å². The van der Waals surface area contributed by atoms with Crippen LogP contribution >= 0.6 is 0 Å². The molecular formula is C23H31N3O. The highest BCUT2D eigenvalue weighted by atomic mass is 16.1. The summed E-state index contributed by atoms with van der Waals surface area (Å²) in [6.07, 6.45) is 2.57. The number of anilines is 1. The molecule has 0 saturated carbocycles. The first-order chi connectivity index (χ1) is 12.9. The minimum Gasteiger partial charge on any atom is -0.373 e. The van der Waals surface area contributed by atoms with Crippen molar-refractivity contribution in [2.75, 3.05) is 53.2 Å². The van der Waals surface area contributed by atoms with Crippen LogP contribution in [0.3, 0.4) is 0 Å². The quantitative estimate of drug-likeness (QED) is 0.503. The van der Waals surface area contributed by atoms with Gasteiger partial charge in [-0.2, -0.15) is 0 Å². The largest absolute Gasteiger partial charge is 0.373 e. The first-order valence-electron chi connectivity index (χ1n) is 9.27. The molecule has 27 heavy (non-hydrogen) atoms. The number of allylic oxidation sites excluding steroid dienone is 1. The Morgan fingerprint density at radius 2 is 1.44 bits per heavy atom. The first-order valence-corrected chi connectivity index (χ1v) is 9.27. The number of carbonyl (C=O) groups is 1. The van der Waals surface area contributed by atoms with Gasteiger partial charge in [-0.15, -0.1) is 0 Å². The summed E-state index contributed by atoms with van der Waals surface area (Å²) in [5.74, 6) is 0. The molecule has 0 spiro atoms. The average Bonchev–Trinajstić information content (AvgIpc) is 2.64. The van der Waals surface area contributed by atoms with E-state index in [0.717, 1.165) is 48.3 Å². The van der Waals surface area contributed by atoms with E-state index in [1.54, 1.807) is 6.08 Å². The molecule has 2 rings (SSSR count). The van der Waals surface area contributed by atoms with Crippen LogP contribution in [0.2, 0.25) is 0 Å². The Morgan fingerprint density at radius 3 is 2.07 bits per heavy atom. The summed E-state index contributed by atoms with van der Waals surface area (Å²) in [6, 6.07) is 16.6. The molecule has 2 aromatic rings. The molecule has 0 atom stereocenters. The Bertz CT molecular complexity index is 781. The van der Waals surface area contributed by atoms with Crippen molar-refractivity contribution in [3.05, 3.63) is 71.3 Å². The van der Waals surface area contributed by atoms with Gasteiger partial charge >= 0.3 is 0 Å². The van der Waals surface area contributed by atoms with Gasteiger partial charge in [-0.25, -0.2) is 0 Å². The van der Waals surface area contributed by atoms with Gasteiger partial charge in [0.15, 0.2) is 0 Å². The standard InChI is InChI=1S/C23H31N3O/c1-24(2)15-16-26(5)23-13-9-8-12-22(23)21(14-17-27)20-11-7-6-10-19(20)18-25(3)4/h6-14,17H,15-16,18H2,1-5H3. The van der Waals surface area contributed by atoms with Gasteiger partial charge in [-0.1, -0.05) is 42.5 Å². The highest BCUT2D eigenvalue weighted by Gasteiger charge is 2.15. The van der Waals surface area contributed by atoms with Crippen LogP contribution < -0.4 is 4.90 Å². The SMILES string of the molecule is CN(C)CCN(C)c1ccccc1C(=CC=O)c1ccccc1CN(C)C. The van der Waals surface area contributed by atoms with Crippen LogP contribution in [0.1, 0.15) is 16.7 Å². The molecule has 0 bridgehead atoms. The second kappa shape index (κ2) is 10.0. The average molecular weight is 366 g/mol. The van der Waals surface area contributed by atoms with Crippen molar-refractivity contribution in [2.45, 2.75) is 6.54 Å². The molecule has 0 radical (unpaired) electrons. The highest BCUT2D eigenvalue weighted by Crippen LogP contribution is 2.33. The molecule has 0 N–H and O–H groups in total. The smallest absolute Gasteiger partial charge is 0.143 e. The van der Waals surface area contributed by atoms with Crippen LogP contribution in [-0.2, 0) is 11.3 Å². The van der Waals surface area contributed by atoms with Crippen molar-refractivity contribution in [3.8, 4) is 0 Å². The number of rotatable bonds is 9. The first kappa shape index (κ1) is 20.9. The Morgan fingerprint density at radius 1 is 0.815 bits per heavy atom. The van der Waals surface area contributed by atoms with E-state index in [-0.39, 0.29) is 0 Å². The number of hydrogen-bond donors (Lipinski definition) is 0. The van der Waals surface area contributed by atoms with Gasteiger partial charge in [-0.3, -0.25) is 4.79 Å². The van der Waals surface area contributed by atoms with Gasteiger partial charge < -0.3 is 14.7 Å². The lowest BCUT2D eigenvalue weighted by Crippen LogP contribution is -2.29. The molecule has 0 heterocycles. The number of para-hydroxylation sites is 1. The fourth-order valence-corrected chi connectivity index (χ4v) is 3.16. The second-order valence-electron chi connectivity index (χ2n) is 7.35. The molecule has 4 heteroatoms. The number of benzene rings is 2. The van der Waals surface area contributed by atoms with E-state index in [0.29, 0.717) is 0 Å². The van der Waals surface area contributed by atoms with E-state index in [1.807, 2.05) is 12.1 Å². The van der Waals surface area contributed by atoms with E-state index in [4.69, 9.17) is 0 Å². The number of hydrogen-bond acceptors (Lipinski definition) is 4. The maximum atomic E-state index is 11.5. The Hall–Kier alpha value is -2.43. The van der Waals surface area contributed by atoms with Crippen LogP contribution in [0.15, 0.2) is 54.6 Å². The van der Waals surface area contributed by atoms with Crippen molar-refractivity contribution < 1.29 is 4.79 Å². The third kappa shape index (κ3) is 5.78. The predicted molar refractivity (Wildman–Crippen MR) is 115 cm³/mol. The zero-order valence-electron chi connectivity index (χ0n) is 17.1. The third-order valence-electron chi connectivity index (χ3n) is 4.52. The van der Waals surface area contributed by atoms with Gasteiger partial charge in [0.1, 0.15) is 6.29 Å². The summed E-state index contributed by atoms with van der Waals surface area (Å²) in [5.41, 5.74) is 5.49. The molecule has 4 nitrogen and oxygen atoms in total. The molecule has 0 fully saturated rings. The fourth-order valence-electron chi connectivity index (χ4n) is 3.16. The normalized spacial score (nSPS) is 11.9. The lowest BCUT2D eigenvalue weighted by atomic mass is 9.92. The number of carbonyl (C=O) groups excluding carboxylic acids is 1. The van der Waals surface area contributed by atoms with Gasteiger partial charge in [0.25, 0.3) is 0 Å². The number of likely N-dealkylation sites (N-methyl/N-ethyl adjacent to an activating group) is 2. The molecule has 0 saturated heterocycles. The topological polar surface area (TPSA) is 26.8 Å². The van der Waals surface area contributed by atoms with Crippen molar-refractivity contribution in [1.82, 2.24) is 9.80 Å². The van der Waals surface area contributed by atoms with Crippen LogP contribution in [0.4, 0.5) is 5.69 Å². The molecule has 0 unspecified atom stereocenters. The second-order valence-corrected chi connectivity index (χ2v) is 7.35. The van der Waals surface area contributed by atoms with Crippen LogP contribution in [-0.4, -0.2) is 64.4 Å². The van der Waals surface area contributed by atoms with Gasteiger partial charge in [-0.05, 0) is 57.0 Å². The molecule has 0 amide bonds. The Balaban J connectivity index is 2.51. The van der Waals surface area contributed by atoms with Crippen LogP contribution in [0.5, 0.6) is 0 Å². The number of aldehydes is 1. The van der Waals surface area contributed by atoms with Gasteiger partial charge in [0, 0.05) is 37.9 Å². The zero-order valence-corrected chi connectivity index (χ0v) is 17.1. The van der Waals surface area contributed by atoms with E-state index < -0.39 is 0 Å². The molecule has 0 aliphatic heterocycles. The summed E-state index contributed by atoms with van der Waals surface area (Å²) in [6.45, 7) is 2.71. The summed E-state index contributed by atoms with van der Waals surface area (Å²) in [5, 5.41) is 0. The van der Waals surface area contributed by atoms with E-state index >= 15 is 0 Å². The predicted octanol–water partition coefficient (Wildman–Crippen LogP) is 3.38. The molecule has 2 aromatic carbocycles. The van der Waals surface area contributed by atoms with Crippen LogP contribution in [0, 0.1) is 0 Å². The summed E-state index contributed by atoms with van der Waals surface area (Å²) < 4.78 is 0. The molecular weight excluding hydrogens is 334 g/mol. The van der Waals surface area contributed by atoms with E-state index in [2.05, 4.69) is 86.3 Å². The van der Waals surface area contributed by atoms with Gasteiger partial charge in [0.2, 0.25) is 0 Å². The maximum absolute atomic E-state index is 11.5. The molecule has 144 valence electrons. The zero-order chi connectivity index (χ0) is 19.8. The summed E-state index contributed by atoms with van der Waals surface area (Å²) in [4.78, 5) is 18.1. The molecule has 0 aliphatic carbocycles. The molecule has 0 aliphatic rings. The summed E-state index contributed by atoms with van der Waals surface area (Å²) >= 11 is 0. The van der Waals surface area contributed by atoms with Crippen molar-refractivity contribution in [3.63, 3.8) is 0 Å². The fraction of sp³-hybridized carbons (Fsp3) is 0.348. The molecule has 0 aromatic heterocycles. The lowest BCUT2D eigenvalue weighted by molar-refractivity contribution is -0.104. The number of nitrogens with zero attached hydrogens (tertiary/aromatic N) is 3. The van der Waals surface area contributed by atoms with Crippen LogP contribution in [0.25, 0.3) is 5.57 Å². The Labute approximate surface area is 163 Å². The maximum Gasteiger partial charge on any atom is 0.143 e. The highest BCUT2D eigenvalue weighted by molar-refractivity contribution is 5.94. The minimum atomic E-state index is 0.824. The summed E-state index contributed by atoms with van der Waals surface area (Å²) in [7, 11) is 10.4. The minimum absolute atomic E-state index is 0.824. The van der Waals surface area contributed by atoms with E-state index in [1.165, 1.54) is 5.56 Å². The lowest BCUT2D eigenvalue weighted by Gasteiger charge is -2.26. The van der Waals surface area contributed by atoms with Crippen molar-refractivity contribution >= 4 is 17.5 Å². The van der Waals surface area contributed by atoms with Crippen molar-refractivity contribution in [1.29, 1.82) is 0 Å². The van der Waals surface area contributed by atoms with Gasteiger partial charge in [0.05, 0.1) is 0 Å². The third-order valence-corrected chi connectivity index (χ3v) is 4.52.